The summed E-state index contributed by atoms with van der Waals surface area (Å²) >= 11 is 0. The van der Waals surface area contributed by atoms with E-state index in [1.807, 2.05) is 18.3 Å². The highest BCUT2D eigenvalue weighted by Crippen LogP contribution is 2.30. The molecule has 1 atom stereocenters. The average molecular weight is 269 g/mol. The van der Waals surface area contributed by atoms with Gasteiger partial charge in [0.25, 0.3) is 5.56 Å². The number of nitrogens with zero attached hydrogens (tertiary/aromatic N) is 2. The van der Waals surface area contributed by atoms with Gasteiger partial charge >= 0.3 is 0 Å². The molecule has 1 aromatic heterocycles. The monoisotopic (exact) mass is 269 g/mol. The zero-order chi connectivity index (χ0) is 13.9. The number of pyridine rings is 1. The third kappa shape index (κ3) is 2.41. The maximum absolute atomic E-state index is 11.8. The molecule has 0 fully saturated rings. The molecule has 1 aliphatic heterocycles. The van der Waals surface area contributed by atoms with Crippen LogP contribution in [0.25, 0.3) is 0 Å². The molecule has 4 nitrogen and oxygen atoms in total. The molecule has 2 heterocycles. The highest BCUT2D eigenvalue weighted by molar-refractivity contribution is 5.72. The van der Waals surface area contributed by atoms with Gasteiger partial charge in [-0.2, -0.15) is 0 Å². The molecule has 1 aromatic carbocycles. The Morgan fingerprint density at radius 2 is 1.95 bits per heavy atom. The zero-order valence-electron chi connectivity index (χ0n) is 11.6. The minimum atomic E-state index is 0.0589. The lowest BCUT2D eigenvalue weighted by Gasteiger charge is -2.37. The van der Waals surface area contributed by atoms with Gasteiger partial charge in [0.05, 0.1) is 11.4 Å². The molecule has 0 amide bonds. The van der Waals surface area contributed by atoms with E-state index in [0.717, 1.165) is 13.1 Å². The highest BCUT2D eigenvalue weighted by Gasteiger charge is 2.21. The number of para-hydroxylation sites is 2. The van der Waals surface area contributed by atoms with Crippen LogP contribution in [-0.4, -0.2) is 23.7 Å². The first-order valence-electron chi connectivity index (χ1n) is 7.01. The van der Waals surface area contributed by atoms with Crippen molar-refractivity contribution in [3.8, 4) is 0 Å². The fraction of sp³-hybridized carbons (Fsp3) is 0.312. The standard InChI is InChI=1S/C16H19N3O/c1-13-12-17-14-6-2-3-7-15(14)19(13)11-10-18-9-5-4-8-16(18)20/h2-9,13,17H,10-12H2,1H3. The van der Waals surface area contributed by atoms with Crippen LogP contribution in [0.1, 0.15) is 6.92 Å². The van der Waals surface area contributed by atoms with Gasteiger partial charge in [-0.05, 0) is 25.1 Å². The van der Waals surface area contributed by atoms with E-state index in [1.165, 1.54) is 11.4 Å². The second-order valence-corrected chi connectivity index (χ2v) is 5.17. The summed E-state index contributed by atoms with van der Waals surface area (Å²) in [6.07, 6.45) is 1.85. The Morgan fingerprint density at radius 3 is 2.80 bits per heavy atom. The predicted octanol–water partition coefficient (Wildman–Crippen LogP) is 2.17. The minimum absolute atomic E-state index is 0.0589. The van der Waals surface area contributed by atoms with Crippen LogP contribution in [0.4, 0.5) is 11.4 Å². The molecular weight excluding hydrogens is 250 g/mol. The minimum Gasteiger partial charge on any atom is -0.381 e. The lowest BCUT2D eigenvalue weighted by Crippen LogP contribution is -2.44. The largest absolute Gasteiger partial charge is 0.381 e. The van der Waals surface area contributed by atoms with Gasteiger partial charge in [0.2, 0.25) is 0 Å². The fourth-order valence-electron chi connectivity index (χ4n) is 2.68. The second kappa shape index (κ2) is 5.41. The smallest absolute Gasteiger partial charge is 0.250 e. The summed E-state index contributed by atoms with van der Waals surface area (Å²) in [4.78, 5) is 14.1. The number of benzene rings is 1. The summed E-state index contributed by atoms with van der Waals surface area (Å²) in [5.74, 6) is 0. The molecule has 0 aliphatic carbocycles. The van der Waals surface area contributed by atoms with Gasteiger partial charge in [0.15, 0.2) is 0 Å². The molecular formula is C16H19N3O. The summed E-state index contributed by atoms with van der Waals surface area (Å²) in [6, 6.07) is 14.0. The molecule has 0 saturated carbocycles. The van der Waals surface area contributed by atoms with E-state index in [2.05, 4.69) is 35.3 Å². The SMILES string of the molecule is CC1CNc2ccccc2N1CCn1ccccc1=O. The Hall–Kier alpha value is -2.23. The number of nitrogens with one attached hydrogen (secondary N) is 1. The molecule has 3 rings (SSSR count). The molecule has 104 valence electrons. The summed E-state index contributed by atoms with van der Waals surface area (Å²) in [5, 5.41) is 3.44. The highest BCUT2D eigenvalue weighted by atomic mass is 16.1. The van der Waals surface area contributed by atoms with Crippen LogP contribution >= 0.6 is 0 Å². The van der Waals surface area contributed by atoms with Gasteiger partial charge in [-0.15, -0.1) is 0 Å². The number of hydrogen-bond acceptors (Lipinski definition) is 3. The van der Waals surface area contributed by atoms with E-state index in [1.54, 1.807) is 16.7 Å². The molecule has 0 bridgehead atoms. The van der Waals surface area contributed by atoms with Crippen LogP contribution in [0, 0.1) is 0 Å². The molecule has 1 aliphatic rings. The van der Waals surface area contributed by atoms with Crippen molar-refractivity contribution >= 4 is 11.4 Å². The van der Waals surface area contributed by atoms with Gasteiger partial charge in [-0.25, -0.2) is 0 Å². The predicted molar refractivity (Wildman–Crippen MR) is 82.4 cm³/mol. The molecule has 2 aromatic rings. The van der Waals surface area contributed by atoms with Crippen LogP contribution in [0.5, 0.6) is 0 Å². The van der Waals surface area contributed by atoms with Gasteiger partial charge in [0.1, 0.15) is 0 Å². The molecule has 0 spiro atoms. The molecule has 1 unspecified atom stereocenters. The summed E-state index contributed by atoms with van der Waals surface area (Å²) < 4.78 is 1.76. The summed E-state index contributed by atoms with van der Waals surface area (Å²) in [7, 11) is 0. The third-order valence-corrected chi connectivity index (χ3v) is 3.81. The van der Waals surface area contributed by atoms with Crippen molar-refractivity contribution in [3.05, 3.63) is 59.0 Å². The quantitative estimate of drug-likeness (QED) is 0.928. The van der Waals surface area contributed by atoms with Crippen molar-refractivity contribution in [3.63, 3.8) is 0 Å². The lowest BCUT2D eigenvalue weighted by molar-refractivity contribution is 0.580. The Labute approximate surface area is 118 Å². The zero-order valence-corrected chi connectivity index (χ0v) is 11.6. The van der Waals surface area contributed by atoms with E-state index in [9.17, 15) is 4.79 Å². The number of fused-ring (bicyclic) bond motifs is 1. The number of anilines is 2. The van der Waals surface area contributed by atoms with Crippen LogP contribution in [-0.2, 0) is 6.54 Å². The maximum Gasteiger partial charge on any atom is 0.250 e. The first kappa shape index (κ1) is 12.8. The number of aromatic nitrogens is 1. The molecule has 0 radical (unpaired) electrons. The van der Waals surface area contributed by atoms with E-state index in [-0.39, 0.29) is 5.56 Å². The normalized spacial score (nSPS) is 17.4. The van der Waals surface area contributed by atoms with Gasteiger partial charge in [0, 0.05) is 37.9 Å². The van der Waals surface area contributed by atoms with Crippen molar-refractivity contribution < 1.29 is 0 Å². The number of hydrogen-bond donors (Lipinski definition) is 1. The van der Waals surface area contributed by atoms with Crippen LogP contribution in [0.3, 0.4) is 0 Å². The van der Waals surface area contributed by atoms with Gasteiger partial charge in [-0.1, -0.05) is 18.2 Å². The van der Waals surface area contributed by atoms with Gasteiger partial charge < -0.3 is 14.8 Å². The van der Waals surface area contributed by atoms with Crippen LogP contribution in [0.15, 0.2) is 53.5 Å². The lowest BCUT2D eigenvalue weighted by atomic mass is 10.1. The number of rotatable bonds is 3. The topological polar surface area (TPSA) is 37.3 Å². The van der Waals surface area contributed by atoms with Crippen molar-refractivity contribution in [1.29, 1.82) is 0 Å². The maximum atomic E-state index is 11.8. The van der Waals surface area contributed by atoms with Crippen molar-refractivity contribution in [2.45, 2.75) is 19.5 Å². The Bertz CT molecular complexity index is 650. The average Bonchev–Trinajstić information content (AvgIpc) is 2.48. The van der Waals surface area contributed by atoms with Crippen molar-refractivity contribution in [2.24, 2.45) is 0 Å². The van der Waals surface area contributed by atoms with E-state index in [0.29, 0.717) is 12.6 Å². The molecule has 0 saturated heterocycles. The molecule has 4 heteroatoms. The first-order valence-corrected chi connectivity index (χ1v) is 7.01. The third-order valence-electron chi connectivity index (χ3n) is 3.81. The van der Waals surface area contributed by atoms with Gasteiger partial charge in [-0.3, -0.25) is 4.79 Å². The Balaban J connectivity index is 1.80. The molecule has 1 N–H and O–H groups in total. The second-order valence-electron chi connectivity index (χ2n) is 5.17. The van der Waals surface area contributed by atoms with Crippen LogP contribution in [0.2, 0.25) is 0 Å². The Morgan fingerprint density at radius 1 is 1.15 bits per heavy atom. The van der Waals surface area contributed by atoms with E-state index < -0.39 is 0 Å². The Kier molecular flexibility index (Phi) is 3.46. The van der Waals surface area contributed by atoms with E-state index in [4.69, 9.17) is 0 Å². The summed E-state index contributed by atoms with van der Waals surface area (Å²) in [6.45, 7) is 4.68. The fourth-order valence-corrected chi connectivity index (χ4v) is 2.68. The molecule has 20 heavy (non-hydrogen) atoms. The van der Waals surface area contributed by atoms with Crippen LogP contribution < -0.4 is 15.8 Å². The first-order chi connectivity index (χ1) is 9.75. The summed E-state index contributed by atoms with van der Waals surface area (Å²) in [5.41, 5.74) is 2.45. The van der Waals surface area contributed by atoms with E-state index >= 15 is 0 Å². The van der Waals surface area contributed by atoms with Crippen molar-refractivity contribution in [2.75, 3.05) is 23.3 Å². The van der Waals surface area contributed by atoms with Crippen molar-refractivity contribution in [1.82, 2.24) is 4.57 Å².